The average Bonchev–Trinajstić information content (AvgIpc) is 2.83. The topological polar surface area (TPSA) is 84.5 Å². The van der Waals surface area contributed by atoms with Crippen LogP contribution in [0.1, 0.15) is 72.6 Å². The van der Waals surface area contributed by atoms with E-state index in [9.17, 15) is 14.4 Å². The van der Waals surface area contributed by atoms with Crippen LogP contribution in [0.5, 0.6) is 0 Å². The first-order valence-electron chi connectivity index (χ1n) is 11.5. The first kappa shape index (κ1) is 25.1. The molecule has 0 fully saturated rings. The normalized spacial score (nSPS) is 11.4. The minimum Gasteiger partial charge on any atom is -0.464 e. The molecule has 0 saturated heterocycles. The van der Waals surface area contributed by atoms with Crippen molar-refractivity contribution in [2.75, 3.05) is 13.2 Å². The van der Waals surface area contributed by atoms with E-state index in [0.717, 1.165) is 25.7 Å². The summed E-state index contributed by atoms with van der Waals surface area (Å²) in [7, 11) is 0. The molecule has 0 heterocycles. The Morgan fingerprint density at radius 2 is 1.41 bits per heavy atom. The van der Waals surface area contributed by atoms with Crippen LogP contribution < -0.4 is 10.6 Å². The summed E-state index contributed by atoms with van der Waals surface area (Å²) in [5.41, 5.74) is 1.12. The Kier molecular flexibility index (Phi) is 11.6. The van der Waals surface area contributed by atoms with Gasteiger partial charge in [0.15, 0.2) is 0 Å². The maximum atomic E-state index is 12.6. The van der Waals surface area contributed by atoms with Crippen LogP contribution in [0.15, 0.2) is 60.7 Å². The lowest BCUT2D eigenvalue weighted by Gasteiger charge is -2.18. The zero-order valence-electron chi connectivity index (χ0n) is 18.8. The summed E-state index contributed by atoms with van der Waals surface area (Å²) in [5, 5.41) is 5.69. The molecule has 0 unspecified atom stereocenters. The smallest absolute Gasteiger partial charge is 0.328 e. The molecule has 0 bridgehead atoms. The first-order valence-corrected chi connectivity index (χ1v) is 11.5. The number of rotatable bonds is 14. The van der Waals surface area contributed by atoms with Gasteiger partial charge < -0.3 is 15.4 Å². The Hall–Kier alpha value is -3.15. The van der Waals surface area contributed by atoms with E-state index in [0.29, 0.717) is 43.5 Å². The molecule has 0 aliphatic rings. The third kappa shape index (κ3) is 9.33. The van der Waals surface area contributed by atoms with Crippen LogP contribution in [0.25, 0.3) is 0 Å². The van der Waals surface area contributed by atoms with Crippen molar-refractivity contribution in [2.45, 2.75) is 57.9 Å². The van der Waals surface area contributed by atoms with E-state index in [2.05, 4.69) is 17.6 Å². The van der Waals surface area contributed by atoms with Gasteiger partial charge in [-0.2, -0.15) is 0 Å². The van der Waals surface area contributed by atoms with Gasteiger partial charge in [0.1, 0.15) is 6.04 Å². The minimum absolute atomic E-state index is 0.119. The van der Waals surface area contributed by atoms with E-state index in [4.69, 9.17) is 4.74 Å². The first-order chi connectivity index (χ1) is 15.6. The highest BCUT2D eigenvalue weighted by Gasteiger charge is 2.22. The van der Waals surface area contributed by atoms with Gasteiger partial charge in [-0.3, -0.25) is 9.59 Å². The number of nitrogens with one attached hydrogen (secondary N) is 2. The van der Waals surface area contributed by atoms with Gasteiger partial charge in [0.25, 0.3) is 11.8 Å². The summed E-state index contributed by atoms with van der Waals surface area (Å²) in [5.74, 6) is -0.818. The lowest BCUT2D eigenvalue weighted by molar-refractivity contribution is -0.146. The maximum absolute atomic E-state index is 12.6. The molecule has 0 spiro atoms. The van der Waals surface area contributed by atoms with Crippen molar-refractivity contribution in [3.63, 3.8) is 0 Å². The zero-order valence-corrected chi connectivity index (χ0v) is 18.8. The number of amides is 2. The van der Waals surface area contributed by atoms with Crippen molar-refractivity contribution in [3.05, 3.63) is 71.8 Å². The molecule has 0 aliphatic heterocycles. The van der Waals surface area contributed by atoms with E-state index in [-0.39, 0.29) is 11.8 Å². The molecule has 32 heavy (non-hydrogen) atoms. The summed E-state index contributed by atoms with van der Waals surface area (Å²) in [6, 6.07) is 17.2. The van der Waals surface area contributed by atoms with E-state index in [1.165, 1.54) is 0 Å². The molecule has 2 amide bonds. The molecule has 1 atom stereocenters. The zero-order chi connectivity index (χ0) is 23.0. The van der Waals surface area contributed by atoms with Crippen molar-refractivity contribution in [3.8, 4) is 0 Å². The molecule has 6 nitrogen and oxygen atoms in total. The van der Waals surface area contributed by atoms with Crippen molar-refractivity contribution >= 4 is 17.8 Å². The Bertz CT molecular complexity index is 824. The molecule has 0 aromatic heterocycles. The van der Waals surface area contributed by atoms with Gasteiger partial charge >= 0.3 is 5.97 Å². The number of carbonyl (C=O) groups excluding carboxylic acids is 3. The third-order valence-corrected chi connectivity index (χ3v) is 5.11. The Labute approximate surface area is 190 Å². The van der Waals surface area contributed by atoms with Gasteiger partial charge in [-0.15, -0.1) is 0 Å². The second kappa shape index (κ2) is 14.8. The van der Waals surface area contributed by atoms with Gasteiger partial charge in [0, 0.05) is 17.7 Å². The Morgan fingerprint density at radius 1 is 0.781 bits per heavy atom. The molecule has 6 heteroatoms. The van der Waals surface area contributed by atoms with Crippen LogP contribution in [-0.2, 0) is 9.53 Å². The van der Waals surface area contributed by atoms with Crippen molar-refractivity contribution in [1.82, 2.24) is 10.6 Å². The Morgan fingerprint density at radius 3 is 2.03 bits per heavy atom. The number of carbonyl (C=O) groups is 3. The van der Waals surface area contributed by atoms with Gasteiger partial charge in [-0.25, -0.2) is 4.79 Å². The quantitative estimate of drug-likeness (QED) is 0.336. The fraction of sp³-hybridized carbons (Fsp3) is 0.423. The van der Waals surface area contributed by atoms with E-state index >= 15 is 0 Å². The van der Waals surface area contributed by atoms with Crippen LogP contribution in [0.3, 0.4) is 0 Å². The highest BCUT2D eigenvalue weighted by molar-refractivity contribution is 5.96. The van der Waals surface area contributed by atoms with Gasteiger partial charge in [-0.05, 0) is 49.9 Å². The van der Waals surface area contributed by atoms with Gasteiger partial charge in [0.05, 0.1) is 6.61 Å². The number of esters is 1. The molecule has 2 aromatic carbocycles. The van der Waals surface area contributed by atoms with Gasteiger partial charge in [-0.1, -0.05) is 62.6 Å². The summed E-state index contributed by atoms with van der Waals surface area (Å²) >= 11 is 0. The summed E-state index contributed by atoms with van der Waals surface area (Å²) in [4.78, 5) is 37.2. The largest absolute Gasteiger partial charge is 0.464 e. The highest BCUT2D eigenvalue weighted by atomic mass is 16.5. The second-order valence-electron chi connectivity index (χ2n) is 7.74. The van der Waals surface area contributed by atoms with E-state index in [1.807, 2.05) is 24.3 Å². The van der Waals surface area contributed by atoms with E-state index in [1.54, 1.807) is 36.4 Å². The number of hydrogen-bond acceptors (Lipinski definition) is 4. The molecular weight excluding hydrogens is 404 g/mol. The molecular formula is C26H34N2O4. The van der Waals surface area contributed by atoms with Crippen molar-refractivity contribution < 1.29 is 19.1 Å². The molecule has 0 radical (unpaired) electrons. The molecule has 0 aliphatic carbocycles. The van der Waals surface area contributed by atoms with Crippen molar-refractivity contribution in [2.24, 2.45) is 0 Å². The SMILES string of the molecule is CCCCCCOC(=O)[C@H](CCCCNC(=O)c1ccccc1)NC(=O)c1ccccc1. The monoisotopic (exact) mass is 438 g/mol. The highest BCUT2D eigenvalue weighted by Crippen LogP contribution is 2.08. The molecule has 2 N–H and O–H groups in total. The predicted molar refractivity (Wildman–Crippen MR) is 125 cm³/mol. The second-order valence-corrected chi connectivity index (χ2v) is 7.74. The summed E-state index contributed by atoms with van der Waals surface area (Å²) < 4.78 is 5.42. The fourth-order valence-corrected chi connectivity index (χ4v) is 3.25. The lowest BCUT2D eigenvalue weighted by Crippen LogP contribution is -2.42. The van der Waals surface area contributed by atoms with Crippen LogP contribution in [-0.4, -0.2) is 37.0 Å². The maximum Gasteiger partial charge on any atom is 0.328 e. The van der Waals surface area contributed by atoms with Gasteiger partial charge in [0.2, 0.25) is 0 Å². The number of unbranched alkanes of at least 4 members (excludes halogenated alkanes) is 4. The third-order valence-electron chi connectivity index (χ3n) is 5.11. The summed E-state index contributed by atoms with van der Waals surface area (Å²) in [6.07, 6.45) is 5.88. The molecule has 2 aromatic rings. The number of hydrogen-bond donors (Lipinski definition) is 2. The predicted octanol–water partition coefficient (Wildman–Crippen LogP) is 4.51. The van der Waals surface area contributed by atoms with E-state index < -0.39 is 12.0 Å². The minimum atomic E-state index is -0.710. The van der Waals surface area contributed by atoms with Crippen LogP contribution in [0.2, 0.25) is 0 Å². The number of ether oxygens (including phenoxy) is 1. The number of benzene rings is 2. The lowest BCUT2D eigenvalue weighted by atomic mass is 10.1. The fourth-order valence-electron chi connectivity index (χ4n) is 3.25. The van der Waals surface area contributed by atoms with Crippen LogP contribution in [0.4, 0.5) is 0 Å². The van der Waals surface area contributed by atoms with Crippen LogP contribution >= 0.6 is 0 Å². The average molecular weight is 439 g/mol. The molecule has 2 rings (SSSR count). The van der Waals surface area contributed by atoms with Crippen LogP contribution in [0, 0.1) is 0 Å². The standard InChI is InChI=1S/C26H34N2O4/c1-2-3-4-13-20-32-26(31)23(28-25(30)22-16-9-6-10-17-22)18-11-12-19-27-24(29)21-14-7-5-8-15-21/h5-10,14-17,23H,2-4,11-13,18-20H2,1H3,(H,27,29)(H,28,30)/t23-/m0/s1. The molecule has 0 saturated carbocycles. The Balaban J connectivity index is 1.81. The molecule has 172 valence electrons. The van der Waals surface area contributed by atoms with Crippen molar-refractivity contribution in [1.29, 1.82) is 0 Å². The summed E-state index contributed by atoms with van der Waals surface area (Å²) in [6.45, 7) is 2.99.